The van der Waals surface area contributed by atoms with Gasteiger partial charge in [0.1, 0.15) is 11.3 Å². The van der Waals surface area contributed by atoms with Crippen LogP contribution >= 0.6 is 0 Å². The number of para-hydroxylation sites is 2. The molecule has 18 heavy (non-hydrogen) atoms. The van der Waals surface area contributed by atoms with Crippen LogP contribution in [0.15, 0.2) is 46.9 Å². The van der Waals surface area contributed by atoms with E-state index >= 15 is 0 Å². The number of ether oxygens (including phenoxy) is 1. The number of nitrogens with zero attached hydrogens (tertiary/aromatic N) is 1. The van der Waals surface area contributed by atoms with Crippen LogP contribution in [0, 0.1) is 13.8 Å². The van der Waals surface area contributed by atoms with Crippen LogP contribution in [-0.4, -0.2) is 4.98 Å². The van der Waals surface area contributed by atoms with Crippen molar-refractivity contribution in [3.05, 3.63) is 53.6 Å². The van der Waals surface area contributed by atoms with Crippen molar-refractivity contribution in [2.75, 3.05) is 0 Å². The quantitative estimate of drug-likeness (QED) is 0.671. The molecule has 0 radical (unpaired) electrons. The predicted octanol–water partition coefficient (Wildman–Crippen LogP) is 4.24. The van der Waals surface area contributed by atoms with Gasteiger partial charge >= 0.3 is 6.08 Å². The second-order valence-electron chi connectivity index (χ2n) is 4.32. The van der Waals surface area contributed by atoms with E-state index in [2.05, 4.69) is 4.98 Å². The van der Waals surface area contributed by atoms with E-state index < -0.39 is 0 Å². The molecular formula is C15H13NO2. The van der Waals surface area contributed by atoms with Gasteiger partial charge in [-0.05, 0) is 43.2 Å². The number of hydrogen-bond donors (Lipinski definition) is 0. The van der Waals surface area contributed by atoms with Crippen molar-refractivity contribution in [3.63, 3.8) is 0 Å². The maximum absolute atomic E-state index is 5.70. The third kappa shape index (κ3) is 1.95. The molecule has 0 atom stereocenters. The molecule has 1 aromatic heterocycles. The number of oxazole rings is 1. The molecule has 2 aromatic carbocycles. The molecule has 0 saturated carbocycles. The van der Waals surface area contributed by atoms with Crippen molar-refractivity contribution in [2.24, 2.45) is 0 Å². The van der Waals surface area contributed by atoms with Crippen molar-refractivity contribution in [1.82, 2.24) is 4.98 Å². The van der Waals surface area contributed by atoms with E-state index in [1.807, 2.05) is 56.3 Å². The Morgan fingerprint density at radius 3 is 2.72 bits per heavy atom. The molecule has 1 heterocycles. The van der Waals surface area contributed by atoms with Crippen molar-refractivity contribution in [2.45, 2.75) is 13.8 Å². The number of aromatic nitrogens is 1. The van der Waals surface area contributed by atoms with Gasteiger partial charge in [0.25, 0.3) is 0 Å². The number of fused-ring (bicyclic) bond motifs is 1. The van der Waals surface area contributed by atoms with Gasteiger partial charge in [-0.1, -0.05) is 24.3 Å². The van der Waals surface area contributed by atoms with Crippen LogP contribution in [0.25, 0.3) is 11.1 Å². The first-order chi connectivity index (χ1) is 8.72. The SMILES string of the molecule is Cc1ccc(C)c(Oc2nc3ccccc3o2)c1. The number of aryl methyl sites for hydroxylation is 2. The number of rotatable bonds is 2. The summed E-state index contributed by atoms with van der Waals surface area (Å²) in [6.07, 6.45) is 0.282. The lowest BCUT2D eigenvalue weighted by atomic mass is 10.1. The van der Waals surface area contributed by atoms with Crippen molar-refractivity contribution >= 4 is 11.1 Å². The largest absolute Gasteiger partial charge is 0.411 e. The zero-order chi connectivity index (χ0) is 12.5. The highest BCUT2D eigenvalue weighted by Gasteiger charge is 2.08. The van der Waals surface area contributed by atoms with Gasteiger partial charge < -0.3 is 9.15 Å². The van der Waals surface area contributed by atoms with Crippen LogP contribution in [0.3, 0.4) is 0 Å². The smallest absolute Gasteiger partial charge is 0.400 e. The Morgan fingerprint density at radius 2 is 1.89 bits per heavy atom. The summed E-state index contributed by atoms with van der Waals surface area (Å²) in [4.78, 5) is 4.29. The van der Waals surface area contributed by atoms with Gasteiger partial charge in [0.2, 0.25) is 0 Å². The van der Waals surface area contributed by atoms with E-state index in [1.165, 1.54) is 0 Å². The standard InChI is InChI=1S/C15H13NO2/c1-10-7-8-11(2)14(9-10)18-15-16-12-5-3-4-6-13(12)17-15/h3-9H,1-2H3. The van der Waals surface area contributed by atoms with Gasteiger partial charge in [0, 0.05) is 0 Å². The van der Waals surface area contributed by atoms with Crippen LogP contribution in [0.5, 0.6) is 11.8 Å². The zero-order valence-electron chi connectivity index (χ0n) is 10.3. The van der Waals surface area contributed by atoms with Crippen LogP contribution in [0.2, 0.25) is 0 Å². The van der Waals surface area contributed by atoms with Gasteiger partial charge in [-0.15, -0.1) is 0 Å². The fourth-order valence-corrected chi connectivity index (χ4v) is 1.81. The molecule has 0 saturated heterocycles. The second-order valence-corrected chi connectivity index (χ2v) is 4.32. The van der Waals surface area contributed by atoms with Gasteiger partial charge in [-0.2, -0.15) is 4.98 Å². The molecule has 0 aliphatic rings. The normalized spacial score (nSPS) is 10.8. The molecule has 0 amide bonds. The fraction of sp³-hybridized carbons (Fsp3) is 0.133. The number of hydrogen-bond acceptors (Lipinski definition) is 3. The molecule has 0 aliphatic carbocycles. The van der Waals surface area contributed by atoms with E-state index in [-0.39, 0.29) is 6.08 Å². The van der Waals surface area contributed by atoms with Crippen LogP contribution in [0.4, 0.5) is 0 Å². The molecule has 0 fully saturated rings. The van der Waals surface area contributed by atoms with E-state index in [0.717, 1.165) is 28.0 Å². The Bertz CT molecular complexity index is 668. The minimum Gasteiger partial charge on any atom is -0.411 e. The lowest BCUT2D eigenvalue weighted by molar-refractivity contribution is 0.341. The molecule has 3 nitrogen and oxygen atoms in total. The predicted molar refractivity (Wildman–Crippen MR) is 70.0 cm³/mol. The average Bonchev–Trinajstić information content (AvgIpc) is 2.76. The molecule has 0 spiro atoms. The van der Waals surface area contributed by atoms with Crippen molar-refractivity contribution < 1.29 is 9.15 Å². The molecule has 3 heteroatoms. The molecule has 0 aliphatic heterocycles. The molecule has 3 aromatic rings. The van der Waals surface area contributed by atoms with Crippen LogP contribution < -0.4 is 4.74 Å². The molecule has 90 valence electrons. The average molecular weight is 239 g/mol. The summed E-state index contributed by atoms with van der Waals surface area (Å²) in [5, 5.41) is 0. The second kappa shape index (κ2) is 4.18. The maximum Gasteiger partial charge on any atom is 0.400 e. The van der Waals surface area contributed by atoms with Crippen molar-refractivity contribution in [1.29, 1.82) is 0 Å². The lowest BCUT2D eigenvalue weighted by Crippen LogP contribution is -1.88. The highest BCUT2D eigenvalue weighted by molar-refractivity contribution is 5.72. The van der Waals surface area contributed by atoms with Gasteiger partial charge in [-0.25, -0.2) is 0 Å². The van der Waals surface area contributed by atoms with E-state index in [9.17, 15) is 0 Å². The van der Waals surface area contributed by atoms with Crippen LogP contribution in [0.1, 0.15) is 11.1 Å². The Labute approximate surface area is 105 Å². The highest BCUT2D eigenvalue weighted by atomic mass is 16.6. The van der Waals surface area contributed by atoms with Crippen LogP contribution in [-0.2, 0) is 0 Å². The first-order valence-electron chi connectivity index (χ1n) is 5.83. The Balaban J connectivity index is 1.98. The third-order valence-corrected chi connectivity index (χ3v) is 2.82. The zero-order valence-corrected chi connectivity index (χ0v) is 10.3. The summed E-state index contributed by atoms with van der Waals surface area (Å²) in [5.74, 6) is 0.779. The third-order valence-electron chi connectivity index (χ3n) is 2.82. The number of benzene rings is 2. The van der Waals surface area contributed by atoms with Crippen molar-refractivity contribution in [3.8, 4) is 11.8 Å². The Hall–Kier alpha value is -2.29. The first kappa shape index (κ1) is 10.8. The molecule has 3 rings (SSSR count). The summed E-state index contributed by atoms with van der Waals surface area (Å²) >= 11 is 0. The Kier molecular flexibility index (Phi) is 2.52. The minimum atomic E-state index is 0.282. The summed E-state index contributed by atoms with van der Waals surface area (Å²) < 4.78 is 11.2. The van der Waals surface area contributed by atoms with Gasteiger partial charge in [-0.3, -0.25) is 0 Å². The van der Waals surface area contributed by atoms with E-state index in [0.29, 0.717) is 0 Å². The fourth-order valence-electron chi connectivity index (χ4n) is 1.81. The first-order valence-corrected chi connectivity index (χ1v) is 5.83. The summed E-state index contributed by atoms with van der Waals surface area (Å²) in [5.41, 5.74) is 3.74. The highest BCUT2D eigenvalue weighted by Crippen LogP contribution is 2.28. The summed E-state index contributed by atoms with van der Waals surface area (Å²) in [6.45, 7) is 4.02. The molecule has 0 N–H and O–H groups in total. The van der Waals surface area contributed by atoms with E-state index in [1.54, 1.807) is 0 Å². The van der Waals surface area contributed by atoms with Gasteiger partial charge in [0.15, 0.2) is 5.58 Å². The summed E-state index contributed by atoms with van der Waals surface area (Å²) in [7, 11) is 0. The maximum atomic E-state index is 5.70. The van der Waals surface area contributed by atoms with Gasteiger partial charge in [0.05, 0.1) is 0 Å². The summed E-state index contributed by atoms with van der Waals surface area (Å²) in [6, 6.07) is 13.7. The molecular weight excluding hydrogens is 226 g/mol. The molecule has 0 bridgehead atoms. The minimum absolute atomic E-state index is 0.282. The topological polar surface area (TPSA) is 35.3 Å². The monoisotopic (exact) mass is 239 g/mol. The lowest BCUT2D eigenvalue weighted by Gasteiger charge is -2.05. The van der Waals surface area contributed by atoms with E-state index in [4.69, 9.17) is 9.15 Å². The Morgan fingerprint density at radius 1 is 1.06 bits per heavy atom. The molecule has 0 unspecified atom stereocenters.